The first-order valence-electron chi connectivity index (χ1n) is 7.71. The summed E-state index contributed by atoms with van der Waals surface area (Å²) in [5.74, 6) is 1.74. The van der Waals surface area contributed by atoms with Gasteiger partial charge in [0.05, 0.1) is 17.1 Å². The first-order valence-corrected chi connectivity index (χ1v) is 7.71. The average Bonchev–Trinajstić information content (AvgIpc) is 2.55. The van der Waals surface area contributed by atoms with Gasteiger partial charge >= 0.3 is 0 Å². The van der Waals surface area contributed by atoms with Gasteiger partial charge in [0.2, 0.25) is 0 Å². The highest BCUT2D eigenvalue weighted by atomic mass is 15.0. The van der Waals surface area contributed by atoms with Crippen molar-refractivity contribution in [2.45, 2.75) is 45.1 Å². The Bertz CT molecular complexity index is 666. The molecule has 0 unspecified atom stereocenters. The van der Waals surface area contributed by atoms with E-state index in [1.54, 1.807) is 12.4 Å². The summed E-state index contributed by atoms with van der Waals surface area (Å²) in [6.45, 7) is 2.28. The molecule has 0 spiro atoms. The van der Waals surface area contributed by atoms with Gasteiger partial charge < -0.3 is 5.32 Å². The Labute approximate surface area is 125 Å². The van der Waals surface area contributed by atoms with Crippen LogP contribution in [0.15, 0.2) is 24.5 Å². The smallest absolute Gasteiger partial charge is 0.137 e. The van der Waals surface area contributed by atoms with Crippen LogP contribution in [0.5, 0.6) is 0 Å². The molecule has 2 aromatic rings. The molecular weight excluding hydrogens is 260 g/mol. The molecule has 4 heteroatoms. The van der Waals surface area contributed by atoms with E-state index in [9.17, 15) is 0 Å². The minimum atomic E-state index is 0.483. The van der Waals surface area contributed by atoms with Crippen molar-refractivity contribution in [1.29, 1.82) is 5.26 Å². The van der Waals surface area contributed by atoms with Crippen molar-refractivity contribution in [1.82, 2.24) is 9.97 Å². The van der Waals surface area contributed by atoms with Crippen molar-refractivity contribution < 1.29 is 0 Å². The molecule has 1 heterocycles. The fourth-order valence-corrected chi connectivity index (χ4v) is 3.15. The molecule has 0 radical (unpaired) electrons. The highest BCUT2D eigenvalue weighted by Crippen LogP contribution is 2.29. The van der Waals surface area contributed by atoms with Crippen molar-refractivity contribution in [2.24, 2.45) is 5.92 Å². The first kappa shape index (κ1) is 13.8. The SMILES string of the molecule is CC[C@H]1CC[C@H](Nc2ncnc3ccc(C#N)cc23)CC1. The summed E-state index contributed by atoms with van der Waals surface area (Å²) in [6.07, 6.45) is 7.86. The summed E-state index contributed by atoms with van der Waals surface area (Å²) >= 11 is 0. The van der Waals surface area contributed by atoms with E-state index in [4.69, 9.17) is 5.26 Å². The summed E-state index contributed by atoms with van der Waals surface area (Å²) in [5.41, 5.74) is 1.53. The molecule has 1 fully saturated rings. The number of nitrogens with one attached hydrogen (secondary N) is 1. The number of hydrogen-bond acceptors (Lipinski definition) is 4. The average molecular weight is 280 g/mol. The van der Waals surface area contributed by atoms with Crippen molar-refractivity contribution >= 4 is 16.7 Å². The third-order valence-corrected chi connectivity index (χ3v) is 4.53. The maximum Gasteiger partial charge on any atom is 0.137 e. The van der Waals surface area contributed by atoms with Gasteiger partial charge in [0, 0.05) is 11.4 Å². The van der Waals surface area contributed by atoms with Gasteiger partial charge in [-0.1, -0.05) is 13.3 Å². The molecule has 1 aliphatic rings. The fraction of sp³-hybridized carbons (Fsp3) is 0.471. The van der Waals surface area contributed by atoms with E-state index < -0.39 is 0 Å². The molecule has 1 aromatic heterocycles. The monoisotopic (exact) mass is 280 g/mol. The second kappa shape index (κ2) is 6.09. The number of nitrogens with zero attached hydrogens (tertiary/aromatic N) is 3. The summed E-state index contributed by atoms with van der Waals surface area (Å²) in [6, 6.07) is 8.21. The lowest BCUT2D eigenvalue weighted by Gasteiger charge is -2.29. The maximum atomic E-state index is 9.05. The zero-order valence-corrected chi connectivity index (χ0v) is 12.3. The normalized spacial score (nSPS) is 21.9. The lowest BCUT2D eigenvalue weighted by molar-refractivity contribution is 0.330. The second-order valence-electron chi connectivity index (χ2n) is 5.84. The number of nitriles is 1. The van der Waals surface area contributed by atoms with Crippen molar-refractivity contribution in [3.05, 3.63) is 30.1 Å². The molecule has 0 bridgehead atoms. The quantitative estimate of drug-likeness (QED) is 0.926. The fourth-order valence-electron chi connectivity index (χ4n) is 3.15. The van der Waals surface area contributed by atoms with Gasteiger partial charge in [-0.25, -0.2) is 9.97 Å². The maximum absolute atomic E-state index is 9.05. The van der Waals surface area contributed by atoms with Crippen LogP contribution in [0.4, 0.5) is 5.82 Å². The van der Waals surface area contributed by atoms with Crippen LogP contribution in [0.1, 0.15) is 44.6 Å². The van der Waals surface area contributed by atoms with Crippen LogP contribution in [0.25, 0.3) is 10.9 Å². The van der Waals surface area contributed by atoms with Crippen molar-refractivity contribution in [2.75, 3.05) is 5.32 Å². The summed E-state index contributed by atoms with van der Waals surface area (Å²) in [4.78, 5) is 8.66. The third kappa shape index (κ3) is 2.97. The van der Waals surface area contributed by atoms with Gasteiger partial charge in [-0.2, -0.15) is 5.26 Å². The molecule has 21 heavy (non-hydrogen) atoms. The third-order valence-electron chi connectivity index (χ3n) is 4.53. The molecule has 1 N–H and O–H groups in total. The van der Waals surface area contributed by atoms with E-state index in [0.29, 0.717) is 11.6 Å². The van der Waals surface area contributed by atoms with Gasteiger partial charge in [0.15, 0.2) is 0 Å². The van der Waals surface area contributed by atoms with Crippen LogP contribution >= 0.6 is 0 Å². The van der Waals surface area contributed by atoms with Crippen LogP contribution in [0.3, 0.4) is 0 Å². The Morgan fingerprint density at radius 3 is 2.76 bits per heavy atom. The van der Waals surface area contributed by atoms with Crippen molar-refractivity contribution in [3.8, 4) is 6.07 Å². The number of rotatable bonds is 3. The summed E-state index contributed by atoms with van der Waals surface area (Å²) in [5, 5.41) is 13.6. The largest absolute Gasteiger partial charge is 0.367 e. The second-order valence-corrected chi connectivity index (χ2v) is 5.84. The Hall–Kier alpha value is -2.15. The van der Waals surface area contributed by atoms with Crippen LogP contribution < -0.4 is 5.32 Å². The molecule has 0 aliphatic heterocycles. The standard InChI is InChI=1S/C17H20N4/c1-2-12-3-6-14(7-4-12)21-17-15-9-13(10-18)5-8-16(15)19-11-20-17/h5,8-9,11-12,14H,2-4,6-7H2,1H3,(H,19,20,21)/t12-,14-. The number of anilines is 1. The van der Waals surface area contributed by atoms with E-state index >= 15 is 0 Å². The van der Waals surface area contributed by atoms with E-state index in [2.05, 4.69) is 28.3 Å². The lowest BCUT2D eigenvalue weighted by atomic mass is 9.84. The Balaban J connectivity index is 1.82. The van der Waals surface area contributed by atoms with Crippen LogP contribution in [0.2, 0.25) is 0 Å². The molecule has 1 saturated carbocycles. The van der Waals surface area contributed by atoms with E-state index in [1.807, 2.05) is 12.1 Å². The zero-order valence-electron chi connectivity index (χ0n) is 12.3. The molecule has 108 valence electrons. The van der Waals surface area contributed by atoms with Gasteiger partial charge in [0.25, 0.3) is 0 Å². The minimum Gasteiger partial charge on any atom is -0.367 e. The first-order chi connectivity index (χ1) is 10.3. The lowest BCUT2D eigenvalue weighted by Crippen LogP contribution is -2.26. The van der Waals surface area contributed by atoms with Gasteiger partial charge in [-0.3, -0.25) is 0 Å². The zero-order chi connectivity index (χ0) is 14.7. The topological polar surface area (TPSA) is 61.6 Å². The Kier molecular flexibility index (Phi) is 4.01. The van der Waals surface area contributed by atoms with Crippen molar-refractivity contribution in [3.63, 3.8) is 0 Å². The number of hydrogen-bond donors (Lipinski definition) is 1. The molecule has 0 amide bonds. The number of fused-ring (bicyclic) bond motifs is 1. The van der Waals surface area contributed by atoms with Gasteiger partial charge in [0.1, 0.15) is 12.1 Å². The predicted octanol–water partition coefficient (Wildman–Crippen LogP) is 3.88. The van der Waals surface area contributed by atoms with Crippen LogP contribution in [-0.2, 0) is 0 Å². The minimum absolute atomic E-state index is 0.483. The molecule has 4 nitrogen and oxygen atoms in total. The molecular formula is C17H20N4. The Morgan fingerprint density at radius 2 is 2.05 bits per heavy atom. The summed E-state index contributed by atoms with van der Waals surface area (Å²) < 4.78 is 0. The van der Waals surface area contributed by atoms with E-state index in [1.165, 1.54) is 32.1 Å². The Morgan fingerprint density at radius 1 is 1.24 bits per heavy atom. The highest BCUT2D eigenvalue weighted by molar-refractivity contribution is 5.89. The van der Waals surface area contributed by atoms with E-state index in [-0.39, 0.29) is 0 Å². The van der Waals surface area contributed by atoms with Crippen LogP contribution in [0, 0.1) is 17.2 Å². The molecule has 0 saturated heterocycles. The highest BCUT2D eigenvalue weighted by Gasteiger charge is 2.20. The number of benzene rings is 1. The summed E-state index contributed by atoms with van der Waals surface area (Å²) in [7, 11) is 0. The predicted molar refractivity (Wildman–Crippen MR) is 83.9 cm³/mol. The molecule has 0 atom stereocenters. The molecule has 1 aliphatic carbocycles. The number of aromatic nitrogens is 2. The molecule has 1 aromatic carbocycles. The van der Waals surface area contributed by atoms with E-state index in [0.717, 1.165) is 22.6 Å². The van der Waals surface area contributed by atoms with Crippen LogP contribution in [-0.4, -0.2) is 16.0 Å². The molecule has 3 rings (SSSR count). The van der Waals surface area contributed by atoms with Gasteiger partial charge in [-0.15, -0.1) is 0 Å². The van der Waals surface area contributed by atoms with Gasteiger partial charge in [-0.05, 0) is 49.8 Å².